The third-order valence-electron chi connectivity index (χ3n) is 3.46. The third kappa shape index (κ3) is 3.03. The summed E-state index contributed by atoms with van der Waals surface area (Å²) >= 11 is 0. The number of nitrogens with zero attached hydrogens (tertiary/aromatic N) is 1. The zero-order valence-corrected chi connectivity index (χ0v) is 11.5. The molecule has 0 saturated carbocycles. The highest BCUT2D eigenvalue weighted by Gasteiger charge is 2.17. The summed E-state index contributed by atoms with van der Waals surface area (Å²) in [7, 11) is 0. The molecule has 2 aromatic carbocycles. The van der Waals surface area contributed by atoms with E-state index in [9.17, 15) is 10.1 Å². The van der Waals surface area contributed by atoms with Crippen LogP contribution in [0.3, 0.4) is 0 Å². The van der Waals surface area contributed by atoms with Gasteiger partial charge in [0.2, 0.25) is 0 Å². The van der Waals surface area contributed by atoms with Crippen molar-refractivity contribution in [2.24, 2.45) is 5.73 Å². The molecule has 0 bridgehead atoms. The van der Waals surface area contributed by atoms with Gasteiger partial charge in [0.05, 0.1) is 4.92 Å². The van der Waals surface area contributed by atoms with Gasteiger partial charge in [0, 0.05) is 17.7 Å². The molecule has 1 unspecified atom stereocenters. The fraction of sp³-hybridized carbons (Fsp3) is 0.250. The smallest absolute Gasteiger partial charge is 0.272 e. The van der Waals surface area contributed by atoms with E-state index >= 15 is 0 Å². The Kier molecular flexibility index (Phi) is 4.48. The molecule has 20 heavy (non-hydrogen) atoms. The summed E-state index contributed by atoms with van der Waals surface area (Å²) in [5, 5.41) is 11.0. The minimum atomic E-state index is -0.353. The number of nitro benzene ring substituents is 1. The molecule has 1 atom stereocenters. The number of hydrogen-bond donors (Lipinski definition) is 1. The van der Waals surface area contributed by atoms with E-state index in [1.54, 1.807) is 18.2 Å². The van der Waals surface area contributed by atoms with Crippen LogP contribution in [0.1, 0.15) is 29.7 Å². The third-order valence-corrected chi connectivity index (χ3v) is 3.46. The summed E-state index contributed by atoms with van der Waals surface area (Å²) in [6.45, 7) is 2.08. The first-order chi connectivity index (χ1) is 9.63. The summed E-state index contributed by atoms with van der Waals surface area (Å²) in [6.07, 6.45) is 1.37. The zero-order chi connectivity index (χ0) is 14.5. The Labute approximate surface area is 118 Å². The van der Waals surface area contributed by atoms with Crippen LogP contribution in [-0.4, -0.2) is 4.92 Å². The SMILES string of the molecule is CCc1ccccc1C(N)Cc1ccccc1[N+](=O)[O-]. The molecule has 4 heteroatoms. The number of hydrogen-bond acceptors (Lipinski definition) is 3. The molecule has 0 spiro atoms. The molecule has 0 radical (unpaired) electrons. The van der Waals surface area contributed by atoms with Crippen LogP contribution in [0.2, 0.25) is 0 Å². The quantitative estimate of drug-likeness (QED) is 0.668. The maximum atomic E-state index is 11.0. The van der Waals surface area contributed by atoms with Crippen molar-refractivity contribution < 1.29 is 4.92 Å². The lowest BCUT2D eigenvalue weighted by atomic mass is 9.94. The molecule has 2 N–H and O–H groups in total. The topological polar surface area (TPSA) is 69.2 Å². The molecule has 0 aliphatic heterocycles. The van der Waals surface area contributed by atoms with Gasteiger partial charge in [0.15, 0.2) is 0 Å². The van der Waals surface area contributed by atoms with Crippen molar-refractivity contribution in [3.05, 3.63) is 75.3 Å². The van der Waals surface area contributed by atoms with Crippen LogP contribution in [0.4, 0.5) is 5.69 Å². The first kappa shape index (κ1) is 14.2. The van der Waals surface area contributed by atoms with E-state index in [0.29, 0.717) is 12.0 Å². The largest absolute Gasteiger partial charge is 0.324 e. The van der Waals surface area contributed by atoms with Crippen LogP contribution in [0.25, 0.3) is 0 Å². The first-order valence-corrected chi connectivity index (χ1v) is 6.69. The molecule has 0 heterocycles. The fourth-order valence-electron chi connectivity index (χ4n) is 2.43. The second-order valence-corrected chi connectivity index (χ2v) is 4.75. The van der Waals surface area contributed by atoms with Gasteiger partial charge in [-0.05, 0) is 24.0 Å². The van der Waals surface area contributed by atoms with Gasteiger partial charge >= 0.3 is 0 Å². The molecular weight excluding hydrogens is 252 g/mol. The Hall–Kier alpha value is -2.20. The van der Waals surface area contributed by atoms with Crippen molar-refractivity contribution >= 4 is 5.69 Å². The van der Waals surface area contributed by atoms with Crippen LogP contribution in [0, 0.1) is 10.1 Å². The molecular formula is C16H18N2O2. The average molecular weight is 270 g/mol. The molecule has 0 saturated heterocycles. The highest BCUT2D eigenvalue weighted by Crippen LogP contribution is 2.25. The van der Waals surface area contributed by atoms with Crippen LogP contribution < -0.4 is 5.73 Å². The fourth-order valence-corrected chi connectivity index (χ4v) is 2.43. The molecule has 0 amide bonds. The van der Waals surface area contributed by atoms with Crippen LogP contribution in [-0.2, 0) is 12.8 Å². The van der Waals surface area contributed by atoms with Crippen LogP contribution in [0.5, 0.6) is 0 Å². The molecule has 0 aliphatic carbocycles. The van der Waals surface area contributed by atoms with Crippen molar-refractivity contribution in [2.75, 3.05) is 0 Å². The number of nitro groups is 1. The number of benzene rings is 2. The summed E-state index contributed by atoms with van der Waals surface area (Å²) in [4.78, 5) is 10.7. The van der Waals surface area contributed by atoms with Crippen molar-refractivity contribution in [1.29, 1.82) is 0 Å². The molecule has 0 aliphatic rings. The van der Waals surface area contributed by atoms with E-state index in [1.165, 1.54) is 11.6 Å². The lowest BCUT2D eigenvalue weighted by molar-refractivity contribution is -0.385. The van der Waals surface area contributed by atoms with E-state index in [-0.39, 0.29) is 16.7 Å². The Bertz CT molecular complexity index is 611. The van der Waals surface area contributed by atoms with Gasteiger partial charge in [-0.25, -0.2) is 0 Å². The van der Waals surface area contributed by atoms with Gasteiger partial charge in [0.25, 0.3) is 5.69 Å². The molecule has 2 aromatic rings. The predicted molar refractivity (Wildman–Crippen MR) is 79.5 cm³/mol. The number of rotatable bonds is 5. The Balaban J connectivity index is 2.28. The minimum Gasteiger partial charge on any atom is -0.324 e. The van der Waals surface area contributed by atoms with Crippen molar-refractivity contribution in [1.82, 2.24) is 0 Å². The Morgan fingerprint density at radius 2 is 1.70 bits per heavy atom. The highest BCUT2D eigenvalue weighted by molar-refractivity contribution is 5.41. The van der Waals surface area contributed by atoms with E-state index in [1.807, 2.05) is 18.2 Å². The normalized spacial score (nSPS) is 12.1. The van der Waals surface area contributed by atoms with Crippen LogP contribution in [0.15, 0.2) is 48.5 Å². The van der Waals surface area contributed by atoms with Gasteiger partial charge < -0.3 is 5.73 Å². The van der Waals surface area contributed by atoms with Gasteiger partial charge in [-0.3, -0.25) is 10.1 Å². The predicted octanol–water partition coefficient (Wildman–Crippen LogP) is 3.40. The number of aryl methyl sites for hydroxylation is 1. The van der Waals surface area contributed by atoms with E-state index < -0.39 is 0 Å². The van der Waals surface area contributed by atoms with Crippen molar-refractivity contribution in [3.8, 4) is 0 Å². The minimum absolute atomic E-state index is 0.136. The van der Waals surface area contributed by atoms with E-state index in [4.69, 9.17) is 5.73 Å². The first-order valence-electron chi connectivity index (χ1n) is 6.69. The van der Waals surface area contributed by atoms with Crippen LogP contribution >= 0.6 is 0 Å². The Morgan fingerprint density at radius 3 is 2.35 bits per heavy atom. The second kappa shape index (κ2) is 6.30. The van der Waals surface area contributed by atoms with Gasteiger partial charge in [-0.15, -0.1) is 0 Å². The number of nitrogens with two attached hydrogens (primary N) is 1. The Morgan fingerprint density at radius 1 is 1.10 bits per heavy atom. The summed E-state index contributed by atoms with van der Waals surface area (Å²) in [5.41, 5.74) is 9.32. The summed E-state index contributed by atoms with van der Waals surface area (Å²) < 4.78 is 0. The van der Waals surface area contributed by atoms with Crippen molar-refractivity contribution in [2.45, 2.75) is 25.8 Å². The number of para-hydroxylation sites is 1. The second-order valence-electron chi connectivity index (χ2n) is 4.75. The lowest BCUT2D eigenvalue weighted by Gasteiger charge is -2.16. The maximum Gasteiger partial charge on any atom is 0.272 e. The average Bonchev–Trinajstić information content (AvgIpc) is 2.47. The van der Waals surface area contributed by atoms with Gasteiger partial charge in [-0.1, -0.05) is 49.4 Å². The zero-order valence-electron chi connectivity index (χ0n) is 11.5. The molecule has 4 nitrogen and oxygen atoms in total. The molecule has 0 fully saturated rings. The summed E-state index contributed by atoms with van der Waals surface area (Å²) in [5.74, 6) is 0. The highest BCUT2D eigenvalue weighted by atomic mass is 16.6. The monoisotopic (exact) mass is 270 g/mol. The van der Waals surface area contributed by atoms with E-state index in [0.717, 1.165) is 12.0 Å². The molecule has 104 valence electrons. The molecule has 2 rings (SSSR count). The lowest BCUT2D eigenvalue weighted by Crippen LogP contribution is -2.16. The maximum absolute atomic E-state index is 11.0. The summed E-state index contributed by atoms with van der Waals surface area (Å²) in [6, 6.07) is 14.5. The van der Waals surface area contributed by atoms with E-state index in [2.05, 4.69) is 13.0 Å². The van der Waals surface area contributed by atoms with Crippen molar-refractivity contribution in [3.63, 3.8) is 0 Å². The van der Waals surface area contributed by atoms with Gasteiger partial charge in [-0.2, -0.15) is 0 Å². The molecule has 0 aromatic heterocycles. The van der Waals surface area contributed by atoms with Gasteiger partial charge in [0.1, 0.15) is 0 Å². The standard InChI is InChI=1S/C16H18N2O2/c1-2-12-7-3-5-9-14(12)15(17)11-13-8-4-6-10-16(13)18(19)20/h3-10,15H,2,11,17H2,1H3.